The van der Waals surface area contributed by atoms with Crippen LogP contribution in [0.15, 0.2) is 18.2 Å². The third-order valence-electron chi connectivity index (χ3n) is 2.53. The Morgan fingerprint density at radius 2 is 2.11 bits per heavy atom. The van der Waals surface area contributed by atoms with E-state index in [-0.39, 0.29) is 6.04 Å². The zero-order chi connectivity index (χ0) is 14.4. The molecule has 0 saturated heterocycles. The van der Waals surface area contributed by atoms with Gasteiger partial charge in [0.15, 0.2) is 0 Å². The fraction of sp³-hybridized carbons (Fsp3) is 0.462. The number of hydrogen-bond donors (Lipinski definition) is 2. The van der Waals surface area contributed by atoms with Crippen LogP contribution in [-0.2, 0) is 4.74 Å². The summed E-state index contributed by atoms with van der Waals surface area (Å²) in [4.78, 5) is 10.7. The van der Waals surface area contributed by atoms with Gasteiger partial charge in [0.25, 0.3) is 0 Å². The van der Waals surface area contributed by atoms with Crippen molar-refractivity contribution in [2.45, 2.75) is 32.4 Å². The molecule has 0 bridgehead atoms. The molecule has 0 aliphatic heterocycles. The molecule has 0 aromatic heterocycles. The van der Waals surface area contributed by atoms with E-state index in [2.05, 4.69) is 0 Å². The molecule has 106 valence electrons. The highest BCUT2D eigenvalue weighted by molar-refractivity contribution is 5.65. The summed E-state index contributed by atoms with van der Waals surface area (Å²) >= 11 is 0. The van der Waals surface area contributed by atoms with Crippen molar-refractivity contribution in [2.24, 2.45) is 11.5 Å². The Balaban J connectivity index is 2.81. The van der Waals surface area contributed by atoms with Crippen LogP contribution in [-0.4, -0.2) is 18.7 Å². The lowest BCUT2D eigenvalue weighted by Crippen LogP contribution is -2.19. The molecule has 1 aromatic carbocycles. The molecule has 0 spiro atoms. The normalized spacial score (nSPS) is 13.7. The number of rotatable bonds is 6. The first-order chi connectivity index (χ1) is 8.90. The van der Waals surface area contributed by atoms with E-state index in [0.29, 0.717) is 24.3 Å². The highest BCUT2D eigenvalue weighted by atomic mass is 19.1. The fourth-order valence-corrected chi connectivity index (χ4v) is 1.56. The molecule has 0 radical (unpaired) electrons. The van der Waals surface area contributed by atoms with E-state index in [4.69, 9.17) is 20.9 Å². The predicted octanol–water partition coefficient (Wildman–Crippen LogP) is 2.10. The van der Waals surface area contributed by atoms with E-state index in [1.165, 1.54) is 18.2 Å². The minimum Gasteiger partial charge on any atom is -0.493 e. The van der Waals surface area contributed by atoms with Crippen molar-refractivity contribution in [3.05, 3.63) is 29.6 Å². The molecule has 1 aromatic rings. The van der Waals surface area contributed by atoms with Gasteiger partial charge in [-0.05, 0) is 38.5 Å². The van der Waals surface area contributed by atoms with Crippen molar-refractivity contribution in [1.29, 1.82) is 0 Å². The van der Waals surface area contributed by atoms with E-state index >= 15 is 0 Å². The summed E-state index contributed by atoms with van der Waals surface area (Å²) in [6.45, 7) is 3.87. The zero-order valence-electron chi connectivity index (χ0n) is 11.1. The van der Waals surface area contributed by atoms with Crippen molar-refractivity contribution in [1.82, 2.24) is 0 Å². The smallest absolute Gasteiger partial charge is 0.405 e. The van der Waals surface area contributed by atoms with Crippen LogP contribution in [0.4, 0.5) is 9.18 Å². The number of ether oxygens (including phenoxy) is 2. The van der Waals surface area contributed by atoms with Gasteiger partial charge in [-0.2, -0.15) is 0 Å². The lowest BCUT2D eigenvalue weighted by atomic mass is 10.1. The average Bonchev–Trinajstić information content (AvgIpc) is 2.29. The molecule has 2 atom stereocenters. The standard InChI is InChI=1S/C13H19FN2O3/c1-8(15)5-6-18-12-4-3-10(14)7-11(12)9(2)19-13(16)17/h3-4,7-9H,5-6,15H2,1-2H3,(H2,16,17)/t8?,9-/m1/s1. The van der Waals surface area contributed by atoms with Gasteiger partial charge in [0.1, 0.15) is 17.7 Å². The monoisotopic (exact) mass is 270 g/mol. The maximum Gasteiger partial charge on any atom is 0.405 e. The Morgan fingerprint density at radius 3 is 2.68 bits per heavy atom. The van der Waals surface area contributed by atoms with E-state index in [1.54, 1.807) is 6.92 Å². The van der Waals surface area contributed by atoms with E-state index in [9.17, 15) is 9.18 Å². The van der Waals surface area contributed by atoms with Crippen molar-refractivity contribution in [2.75, 3.05) is 6.61 Å². The van der Waals surface area contributed by atoms with Gasteiger partial charge in [0, 0.05) is 11.6 Å². The van der Waals surface area contributed by atoms with Crippen LogP contribution >= 0.6 is 0 Å². The van der Waals surface area contributed by atoms with Crippen LogP contribution < -0.4 is 16.2 Å². The van der Waals surface area contributed by atoms with Gasteiger partial charge >= 0.3 is 6.09 Å². The number of nitrogens with two attached hydrogens (primary N) is 2. The summed E-state index contributed by atoms with van der Waals surface area (Å²) in [6.07, 6.45) is -0.932. The topological polar surface area (TPSA) is 87.6 Å². The largest absolute Gasteiger partial charge is 0.493 e. The number of amides is 1. The van der Waals surface area contributed by atoms with Gasteiger partial charge in [0.05, 0.1) is 6.61 Å². The molecule has 1 amide bonds. The van der Waals surface area contributed by atoms with Gasteiger partial charge in [-0.15, -0.1) is 0 Å². The third-order valence-corrected chi connectivity index (χ3v) is 2.53. The second kappa shape index (κ2) is 6.94. The third kappa shape index (κ3) is 5.13. The van der Waals surface area contributed by atoms with Crippen LogP contribution in [0, 0.1) is 5.82 Å². The highest BCUT2D eigenvalue weighted by Gasteiger charge is 2.16. The number of carbonyl (C=O) groups excluding carboxylic acids is 1. The van der Waals surface area contributed by atoms with E-state index in [0.717, 1.165) is 0 Å². The van der Waals surface area contributed by atoms with Crippen LogP contribution in [0.1, 0.15) is 31.9 Å². The van der Waals surface area contributed by atoms with Crippen molar-refractivity contribution in [3.63, 3.8) is 0 Å². The minimum atomic E-state index is -0.918. The summed E-state index contributed by atoms with van der Waals surface area (Å²) in [5.41, 5.74) is 11.0. The summed E-state index contributed by atoms with van der Waals surface area (Å²) < 4.78 is 23.6. The van der Waals surface area contributed by atoms with Gasteiger partial charge in [0.2, 0.25) is 0 Å². The predicted molar refractivity (Wildman–Crippen MR) is 69.2 cm³/mol. The zero-order valence-corrected chi connectivity index (χ0v) is 11.1. The molecule has 6 heteroatoms. The number of carbonyl (C=O) groups is 1. The molecule has 0 saturated carbocycles. The molecule has 0 aliphatic carbocycles. The summed E-state index contributed by atoms with van der Waals surface area (Å²) in [5, 5.41) is 0. The van der Waals surface area contributed by atoms with E-state index in [1.807, 2.05) is 6.92 Å². The molecule has 19 heavy (non-hydrogen) atoms. The summed E-state index contributed by atoms with van der Waals surface area (Å²) in [6, 6.07) is 4.05. The lowest BCUT2D eigenvalue weighted by molar-refractivity contribution is 0.114. The molecular formula is C13H19FN2O3. The molecule has 4 N–H and O–H groups in total. The average molecular weight is 270 g/mol. The molecule has 1 rings (SSSR count). The van der Waals surface area contributed by atoms with Gasteiger partial charge in [-0.3, -0.25) is 0 Å². The molecule has 0 fully saturated rings. The second-order valence-electron chi connectivity index (χ2n) is 4.38. The molecule has 1 unspecified atom stereocenters. The van der Waals surface area contributed by atoms with Crippen molar-refractivity contribution < 1.29 is 18.7 Å². The summed E-state index contributed by atoms with van der Waals surface area (Å²) in [5.74, 6) is 0.0188. The number of primary amides is 1. The van der Waals surface area contributed by atoms with Crippen LogP contribution in [0.3, 0.4) is 0 Å². The first-order valence-electron chi connectivity index (χ1n) is 6.04. The maximum atomic E-state index is 13.2. The molecule has 5 nitrogen and oxygen atoms in total. The van der Waals surface area contributed by atoms with Crippen molar-refractivity contribution >= 4 is 6.09 Å². The number of benzene rings is 1. The minimum absolute atomic E-state index is 0.0168. The Hall–Kier alpha value is -1.82. The van der Waals surface area contributed by atoms with Crippen LogP contribution in [0.25, 0.3) is 0 Å². The Morgan fingerprint density at radius 1 is 1.42 bits per heavy atom. The van der Waals surface area contributed by atoms with Crippen molar-refractivity contribution in [3.8, 4) is 5.75 Å². The fourth-order valence-electron chi connectivity index (χ4n) is 1.56. The van der Waals surface area contributed by atoms with E-state index < -0.39 is 18.0 Å². The Labute approximate surface area is 111 Å². The second-order valence-corrected chi connectivity index (χ2v) is 4.38. The Bertz CT molecular complexity index is 438. The first kappa shape index (κ1) is 15.2. The maximum absolute atomic E-state index is 13.2. The number of halogens is 1. The highest BCUT2D eigenvalue weighted by Crippen LogP contribution is 2.28. The SMILES string of the molecule is CC(N)CCOc1ccc(F)cc1[C@@H](C)OC(N)=O. The molecule has 0 aliphatic rings. The molecule has 0 heterocycles. The Kier molecular flexibility index (Phi) is 5.57. The van der Waals surface area contributed by atoms with Gasteiger partial charge in [-0.25, -0.2) is 9.18 Å². The summed E-state index contributed by atoms with van der Waals surface area (Å²) in [7, 11) is 0. The first-order valence-corrected chi connectivity index (χ1v) is 6.04. The van der Waals surface area contributed by atoms with Crippen LogP contribution in [0.5, 0.6) is 5.75 Å². The quantitative estimate of drug-likeness (QED) is 0.828. The number of hydrogen-bond acceptors (Lipinski definition) is 4. The molecular weight excluding hydrogens is 251 g/mol. The van der Waals surface area contributed by atoms with Gasteiger partial charge in [-0.1, -0.05) is 0 Å². The lowest BCUT2D eigenvalue weighted by Gasteiger charge is -2.17. The van der Waals surface area contributed by atoms with Gasteiger partial charge < -0.3 is 20.9 Å². The van der Waals surface area contributed by atoms with Crippen LogP contribution in [0.2, 0.25) is 0 Å².